The van der Waals surface area contributed by atoms with Crippen molar-refractivity contribution in [2.24, 2.45) is 35.6 Å². The third kappa shape index (κ3) is 3.66. The van der Waals surface area contributed by atoms with Gasteiger partial charge in [0, 0.05) is 36.6 Å². The molecule has 3 saturated carbocycles. The Kier molecular flexibility index (Phi) is 6.86. The number of ether oxygens (including phenoxy) is 2. The number of nitrogens with zero attached hydrogens (tertiary/aromatic N) is 2. The number of allylic oxidation sites excluding steroid dienone is 1. The normalized spacial score (nSPS) is 40.5. The first kappa shape index (κ1) is 28.3. The first-order valence-electron chi connectivity index (χ1n) is 14.3. The molecule has 0 aromatic carbocycles. The average molecular weight is 561 g/mol. The average Bonchev–Trinajstić information content (AvgIpc) is 3.35. The summed E-state index contributed by atoms with van der Waals surface area (Å²) >= 11 is 7.74. The van der Waals surface area contributed by atoms with Crippen molar-refractivity contribution in [3.63, 3.8) is 0 Å². The van der Waals surface area contributed by atoms with Gasteiger partial charge < -0.3 is 14.6 Å². The van der Waals surface area contributed by atoms with E-state index in [0.29, 0.717) is 12.8 Å². The number of halogens is 1. The van der Waals surface area contributed by atoms with Gasteiger partial charge in [0.25, 0.3) is 0 Å². The van der Waals surface area contributed by atoms with Crippen LogP contribution in [0.15, 0.2) is 11.8 Å². The van der Waals surface area contributed by atoms with Crippen molar-refractivity contribution in [3.8, 4) is 0 Å². The van der Waals surface area contributed by atoms with Gasteiger partial charge in [0.15, 0.2) is 12.2 Å². The monoisotopic (exact) mass is 560 g/mol. The van der Waals surface area contributed by atoms with Crippen molar-refractivity contribution in [2.45, 2.75) is 96.1 Å². The number of aryl methyl sites for hydroxylation is 1. The number of carbonyl (C=O) groups is 3. The number of ketones is 1. The molecule has 9 heteroatoms. The molecule has 5 rings (SSSR count). The summed E-state index contributed by atoms with van der Waals surface area (Å²) in [5, 5.41) is 16.5. The zero-order chi connectivity index (χ0) is 28.5. The van der Waals surface area contributed by atoms with Crippen LogP contribution in [0.2, 0.25) is 0 Å². The molecule has 1 aromatic heterocycles. The maximum absolute atomic E-state index is 14.0. The molecule has 1 unspecified atom stereocenters. The topological polar surface area (TPSA) is 108 Å². The SMILES string of the molecule is CCC(=O)OCC(=O)C1(OC(=O)CC)[C@@H](C)C[C@H]2[C@@H]3CCC4=Cc5c(cnn5C)C[C@]4(C)[C@@]3(Cl)[C@@H](O)C[C@@]21C. The molecular weight excluding hydrogens is 520 g/mol. The van der Waals surface area contributed by atoms with E-state index in [1.807, 2.05) is 31.8 Å². The van der Waals surface area contributed by atoms with Crippen LogP contribution in [0.1, 0.15) is 84.4 Å². The lowest BCUT2D eigenvalue weighted by Gasteiger charge is -2.65. The van der Waals surface area contributed by atoms with Crippen LogP contribution in [0.4, 0.5) is 0 Å². The van der Waals surface area contributed by atoms with Gasteiger partial charge in [-0.05, 0) is 55.6 Å². The number of aliphatic hydroxyl groups is 1. The summed E-state index contributed by atoms with van der Waals surface area (Å²) in [6.07, 6.45) is 6.50. The van der Waals surface area contributed by atoms with E-state index in [0.717, 1.165) is 24.1 Å². The fourth-order valence-electron chi connectivity index (χ4n) is 8.98. The Labute approximate surface area is 235 Å². The van der Waals surface area contributed by atoms with Gasteiger partial charge in [-0.3, -0.25) is 19.1 Å². The summed E-state index contributed by atoms with van der Waals surface area (Å²) in [7, 11) is 1.94. The Morgan fingerprint density at radius 2 is 1.87 bits per heavy atom. The lowest BCUT2D eigenvalue weighted by atomic mass is 9.44. The Bertz CT molecular complexity index is 1240. The molecule has 0 spiro atoms. The van der Waals surface area contributed by atoms with Crippen molar-refractivity contribution in [2.75, 3.05) is 6.61 Å². The number of hydrogen-bond donors (Lipinski definition) is 1. The molecule has 8 atom stereocenters. The van der Waals surface area contributed by atoms with Gasteiger partial charge in [-0.25, -0.2) is 0 Å². The Hall–Kier alpha value is -2.19. The minimum atomic E-state index is -1.52. The number of esters is 2. The van der Waals surface area contributed by atoms with Crippen molar-refractivity contribution in [1.29, 1.82) is 0 Å². The van der Waals surface area contributed by atoms with Crippen molar-refractivity contribution >= 4 is 35.4 Å². The molecule has 1 N–H and O–H groups in total. The van der Waals surface area contributed by atoms with Gasteiger partial charge in [-0.15, -0.1) is 11.6 Å². The highest BCUT2D eigenvalue weighted by atomic mass is 35.5. The molecule has 0 aliphatic heterocycles. The summed E-state index contributed by atoms with van der Waals surface area (Å²) in [4.78, 5) is 37.8. The van der Waals surface area contributed by atoms with E-state index >= 15 is 0 Å². The number of hydrogen-bond acceptors (Lipinski definition) is 7. The number of alkyl halides is 1. The summed E-state index contributed by atoms with van der Waals surface area (Å²) in [5.41, 5.74) is 0.542. The second kappa shape index (κ2) is 9.44. The molecule has 4 aliphatic rings. The number of Topliss-reactive ketones (excluding diaryl/α,β-unsaturated/α-hetero) is 1. The number of carbonyl (C=O) groups excluding carboxylic acids is 3. The van der Waals surface area contributed by atoms with E-state index in [1.54, 1.807) is 13.8 Å². The second-order valence-corrected chi connectivity index (χ2v) is 13.3. The lowest BCUT2D eigenvalue weighted by Crippen LogP contribution is -2.70. The highest BCUT2D eigenvalue weighted by molar-refractivity contribution is 6.26. The number of rotatable bonds is 6. The van der Waals surface area contributed by atoms with Gasteiger partial charge in [0.2, 0.25) is 5.78 Å². The Morgan fingerprint density at radius 1 is 1.18 bits per heavy atom. The standard InChI is InChI=1S/C30H41ClN2O6/c1-7-25(36)38-16-24(35)30(39-26(37)8-2)17(3)11-21-20-10-9-19-12-22-18(15-32-33(22)6)13-27(19,4)29(20,31)23(34)14-28(21,30)5/h12,15,17,20-21,23,34H,7-11,13-14,16H2,1-6H3/t17-,20-,21-,23-,27-,28-,29-,30?/m0/s1. The summed E-state index contributed by atoms with van der Waals surface area (Å²) in [5.74, 6) is -1.89. The van der Waals surface area contributed by atoms with E-state index in [9.17, 15) is 19.5 Å². The molecule has 1 aromatic rings. The second-order valence-electron chi connectivity index (χ2n) is 12.7. The minimum Gasteiger partial charge on any atom is -0.457 e. The van der Waals surface area contributed by atoms with Gasteiger partial charge in [0.1, 0.15) is 0 Å². The fraction of sp³-hybridized carbons (Fsp3) is 0.733. The van der Waals surface area contributed by atoms with Gasteiger partial charge in [0.05, 0.1) is 22.9 Å². The lowest BCUT2D eigenvalue weighted by molar-refractivity contribution is -0.204. The van der Waals surface area contributed by atoms with Crippen LogP contribution >= 0.6 is 11.6 Å². The highest BCUT2D eigenvalue weighted by Gasteiger charge is 2.76. The highest BCUT2D eigenvalue weighted by Crippen LogP contribution is 2.72. The molecule has 0 bridgehead atoms. The van der Waals surface area contributed by atoms with Crippen LogP contribution in [0.5, 0.6) is 0 Å². The number of fused-ring (bicyclic) bond motifs is 6. The van der Waals surface area contributed by atoms with E-state index in [-0.39, 0.29) is 37.0 Å². The third-order valence-corrected chi connectivity index (χ3v) is 11.9. The fourth-order valence-corrected chi connectivity index (χ4v) is 9.51. The van der Waals surface area contributed by atoms with Crippen LogP contribution < -0.4 is 0 Å². The molecular formula is C30H41ClN2O6. The van der Waals surface area contributed by atoms with E-state index < -0.39 is 51.7 Å². The predicted molar refractivity (Wildman–Crippen MR) is 146 cm³/mol. The summed E-state index contributed by atoms with van der Waals surface area (Å²) in [6.45, 7) is 8.97. The van der Waals surface area contributed by atoms with E-state index in [1.165, 1.54) is 5.57 Å². The first-order chi connectivity index (χ1) is 18.3. The van der Waals surface area contributed by atoms with Crippen LogP contribution in [0.3, 0.4) is 0 Å². The zero-order valence-electron chi connectivity index (χ0n) is 23.9. The summed E-state index contributed by atoms with van der Waals surface area (Å²) in [6, 6.07) is 0. The molecule has 0 amide bonds. The van der Waals surface area contributed by atoms with Crippen molar-refractivity contribution < 1.29 is 29.0 Å². The van der Waals surface area contributed by atoms with Crippen LogP contribution in [-0.4, -0.2) is 55.8 Å². The van der Waals surface area contributed by atoms with Gasteiger partial charge in [-0.2, -0.15) is 5.10 Å². The zero-order valence-corrected chi connectivity index (χ0v) is 24.6. The molecule has 3 fully saturated rings. The summed E-state index contributed by atoms with van der Waals surface area (Å²) < 4.78 is 13.3. The third-order valence-electron chi connectivity index (χ3n) is 10.9. The maximum Gasteiger partial charge on any atom is 0.306 e. The molecule has 8 nitrogen and oxygen atoms in total. The van der Waals surface area contributed by atoms with Gasteiger partial charge >= 0.3 is 11.9 Å². The van der Waals surface area contributed by atoms with Crippen molar-refractivity contribution in [1.82, 2.24) is 9.78 Å². The Balaban J connectivity index is 1.58. The molecule has 0 radical (unpaired) electrons. The first-order valence-corrected chi connectivity index (χ1v) is 14.7. The Morgan fingerprint density at radius 3 is 2.54 bits per heavy atom. The maximum atomic E-state index is 14.0. The van der Waals surface area contributed by atoms with Crippen LogP contribution in [0.25, 0.3) is 6.08 Å². The predicted octanol–water partition coefficient (Wildman–Crippen LogP) is 4.39. The van der Waals surface area contributed by atoms with E-state index in [2.05, 4.69) is 18.1 Å². The minimum absolute atomic E-state index is 0.0717. The van der Waals surface area contributed by atoms with Crippen molar-refractivity contribution in [3.05, 3.63) is 23.0 Å². The molecule has 1 heterocycles. The van der Waals surface area contributed by atoms with Crippen LogP contribution in [0, 0.1) is 28.6 Å². The number of aromatic nitrogens is 2. The largest absolute Gasteiger partial charge is 0.457 e. The van der Waals surface area contributed by atoms with E-state index in [4.69, 9.17) is 21.1 Å². The molecule has 0 saturated heterocycles. The molecule has 4 aliphatic carbocycles. The molecule has 214 valence electrons. The quantitative estimate of drug-likeness (QED) is 0.406. The smallest absolute Gasteiger partial charge is 0.306 e. The van der Waals surface area contributed by atoms with Crippen LogP contribution in [-0.2, 0) is 37.3 Å². The number of aliphatic hydroxyl groups excluding tert-OH is 1. The molecule has 39 heavy (non-hydrogen) atoms. The van der Waals surface area contributed by atoms with Gasteiger partial charge in [-0.1, -0.05) is 40.2 Å².